The lowest BCUT2D eigenvalue weighted by atomic mass is 10.2. The van der Waals surface area contributed by atoms with Gasteiger partial charge in [0.15, 0.2) is 11.3 Å². The Balaban J connectivity index is 2.69. The average molecular weight is 191 g/mol. The van der Waals surface area contributed by atoms with Crippen LogP contribution in [0.4, 0.5) is 0 Å². The van der Waals surface area contributed by atoms with Crippen molar-refractivity contribution in [1.29, 1.82) is 0 Å². The number of thiazole rings is 1. The summed E-state index contributed by atoms with van der Waals surface area (Å²) in [5.41, 5.74) is 1.28. The van der Waals surface area contributed by atoms with Gasteiger partial charge in [-0.1, -0.05) is 6.07 Å². The van der Waals surface area contributed by atoms with E-state index in [0.29, 0.717) is 22.4 Å². The van der Waals surface area contributed by atoms with Crippen LogP contribution in [0.5, 0.6) is 0 Å². The molecule has 1 aromatic heterocycles. The minimum atomic E-state index is 0.443. The molecule has 13 heavy (non-hydrogen) atoms. The predicted octanol–water partition coefficient (Wildman–Crippen LogP) is 1.92. The molecule has 0 fully saturated rings. The maximum Gasteiger partial charge on any atom is 0.178 e. The van der Waals surface area contributed by atoms with Gasteiger partial charge in [-0.15, -0.1) is 11.3 Å². The Morgan fingerprint density at radius 1 is 1.23 bits per heavy atom. The summed E-state index contributed by atoms with van der Waals surface area (Å²) in [6, 6.07) is 5.18. The van der Waals surface area contributed by atoms with Gasteiger partial charge in [0.25, 0.3) is 0 Å². The molecule has 0 saturated carbocycles. The molecule has 3 nitrogen and oxygen atoms in total. The van der Waals surface area contributed by atoms with Gasteiger partial charge in [-0.3, -0.25) is 9.59 Å². The smallest absolute Gasteiger partial charge is 0.178 e. The number of carbonyl (C=O) groups excluding carboxylic acids is 2. The van der Waals surface area contributed by atoms with Crippen molar-refractivity contribution in [3.63, 3.8) is 0 Å². The van der Waals surface area contributed by atoms with Gasteiger partial charge in [-0.25, -0.2) is 4.98 Å². The topological polar surface area (TPSA) is 47.0 Å². The number of carbonyl (C=O) groups is 2. The van der Waals surface area contributed by atoms with Crippen molar-refractivity contribution in [3.8, 4) is 0 Å². The van der Waals surface area contributed by atoms with Crippen molar-refractivity contribution in [2.24, 2.45) is 0 Å². The molecular formula is C9H5NO2S. The summed E-state index contributed by atoms with van der Waals surface area (Å²) in [7, 11) is 0. The number of benzene rings is 1. The molecule has 0 unspecified atom stereocenters. The van der Waals surface area contributed by atoms with Crippen LogP contribution >= 0.6 is 11.3 Å². The number of nitrogens with zero attached hydrogens (tertiary/aromatic N) is 1. The number of fused-ring (bicyclic) bond motifs is 1. The Morgan fingerprint density at radius 2 is 2.08 bits per heavy atom. The molecule has 0 bridgehead atoms. The van der Waals surface area contributed by atoms with Crippen LogP contribution in [-0.2, 0) is 0 Å². The molecule has 0 aliphatic carbocycles. The first kappa shape index (κ1) is 8.07. The van der Waals surface area contributed by atoms with Crippen molar-refractivity contribution >= 4 is 34.1 Å². The number of hydrogen-bond acceptors (Lipinski definition) is 4. The Bertz CT molecular complexity index is 469. The molecule has 0 spiro atoms. The van der Waals surface area contributed by atoms with E-state index >= 15 is 0 Å². The van der Waals surface area contributed by atoms with E-state index in [2.05, 4.69) is 4.98 Å². The molecule has 2 rings (SSSR count). The molecule has 0 amide bonds. The first-order chi connectivity index (χ1) is 6.33. The van der Waals surface area contributed by atoms with Gasteiger partial charge in [-0.2, -0.15) is 0 Å². The summed E-state index contributed by atoms with van der Waals surface area (Å²) in [5, 5.41) is 0.443. The number of hydrogen-bond donors (Lipinski definition) is 0. The van der Waals surface area contributed by atoms with Gasteiger partial charge in [0.05, 0.1) is 10.2 Å². The summed E-state index contributed by atoms with van der Waals surface area (Å²) in [6.07, 6.45) is 1.48. The van der Waals surface area contributed by atoms with E-state index in [0.717, 1.165) is 11.0 Å². The number of aromatic nitrogens is 1. The van der Waals surface area contributed by atoms with Crippen LogP contribution in [0.25, 0.3) is 10.2 Å². The van der Waals surface area contributed by atoms with E-state index in [-0.39, 0.29) is 0 Å². The lowest BCUT2D eigenvalue weighted by Gasteiger charge is -1.87. The Morgan fingerprint density at radius 3 is 2.77 bits per heavy atom. The molecular weight excluding hydrogens is 186 g/mol. The minimum Gasteiger partial charge on any atom is -0.298 e. The second kappa shape index (κ2) is 3.06. The van der Waals surface area contributed by atoms with Gasteiger partial charge in [0, 0.05) is 5.56 Å². The Kier molecular flexibility index (Phi) is 1.90. The van der Waals surface area contributed by atoms with E-state index in [1.54, 1.807) is 18.2 Å². The largest absolute Gasteiger partial charge is 0.298 e. The monoisotopic (exact) mass is 191 g/mol. The maximum absolute atomic E-state index is 10.4. The molecule has 1 aromatic carbocycles. The molecule has 2 aromatic rings. The lowest BCUT2D eigenvalue weighted by Crippen LogP contribution is -1.78. The van der Waals surface area contributed by atoms with Crippen LogP contribution in [0.15, 0.2) is 18.2 Å². The summed E-state index contributed by atoms with van der Waals surface area (Å²) >= 11 is 1.32. The van der Waals surface area contributed by atoms with Gasteiger partial charge in [0.2, 0.25) is 0 Å². The van der Waals surface area contributed by atoms with Crippen molar-refractivity contribution in [2.45, 2.75) is 0 Å². The van der Waals surface area contributed by atoms with E-state index in [1.165, 1.54) is 11.3 Å². The first-order valence-corrected chi connectivity index (χ1v) is 4.46. The second-order valence-electron chi connectivity index (χ2n) is 2.51. The Labute approximate surface area is 78.0 Å². The molecule has 0 radical (unpaired) electrons. The molecule has 0 saturated heterocycles. The zero-order valence-corrected chi connectivity index (χ0v) is 7.38. The van der Waals surface area contributed by atoms with Crippen LogP contribution in [0.1, 0.15) is 20.2 Å². The van der Waals surface area contributed by atoms with Crippen molar-refractivity contribution in [3.05, 3.63) is 28.8 Å². The molecule has 1 heterocycles. The Hall–Kier alpha value is -1.55. The van der Waals surface area contributed by atoms with Crippen LogP contribution in [0.2, 0.25) is 0 Å². The second-order valence-corrected chi connectivity index (χ2v) is 3.58. The van der Waals surface area contributed by atoms with E-state index in [1.807, 2.05) is 0 Å². The molecule has 64 valence electrons. The van der Waals surface area contributed by atoms with E-state index in [9.17, 15) is 9.59 Å². The van der Waals surface area contributed by atoms with Crippen LogP contribution < -0.4 is 0 Å². The molecule has 0 aliphatic rings. The predicted molar refractivity (Wildman–Crippen MR) is 50.4 cm³/mol. The van der Waals surface area contributed by atoms with Gasteiger partial charge >= 0.3 is 0 Å². The summed E-state index contributed by atoms with van der Waals surface area (Å²) in [4.78, 5) is 24.9. The highest BCUT2D eigenvalue weighted by molar-refractivity contribution is 7.20. The van der Waals surface area contributed by atoms with Crippen molar-refractivity contribution in [2.75, 3.05) is 0 Å². The van der Waals surface area contributed by atoms with Gasteiger partial charge in [0.1, 0.15) is 6.29 Å². The quantitative estimate of drug-likeness (QED) is 0.681. The molecule has 0 N–H and O–H groups in total. The standard InChI is InChI=1S/C9H5NO2S/c11-4-6-1-2-8-7(3-6)10-9(5-12)13-8/h1-5H. The fourth-order valence-corrected chi connectivity index (χ4v) is 1.85. The normalized spacial score (nSPS) is 10.2. The summed E-state index contributed by atoms with van der Waals surface area (Å²) in [5.74, 6) is 0. The molecule has 0 atom stereocenters. The summed E-state index contributed by atoms with van der Waals surface area (Å²) in [6.45, 7) is 0. The highest BCUT2D eigenvalue weighted by Gasteiger charge is 2.02. The third-order valence-electron chi connectivity index (χ3n) is 1.67. The zero-order valence-electron chi connectivity index (χ0n) is 6.56. The minimum absolute atomic E-state index is 0.443. The first-order valence-electron chi connectivity index (χ1n) is 3.64. The molecule has 0 aliphatic heterocycles. The third-order valence-corrected chi connectivity index (χ3v) is 2.63. The average Bonchev–Trinajstić information content (AvgIpc) is 2.58. The fraction of sp³-hybridized carbons (Fsp3) is 0. The van der Waals surface area contributed by atoms with Gasteiger partial charge in [-0.05, 0) is 12.1 Å². The van der Waals surface area contributed by atoms with Crippen LogP contribution in [0, 0.1) is 0 Å². The third kappa shape index (κ3) is 1.36. The van der Waals surface area contributed by atoms with E-state index in [4.69, 9.17) is 0 Å². The maximum atomic E-state index is 10.4. The highest BCUT2D eigenvalue weighted by Crippen LogP contribution is 2.21. The number of aldehydes is 2. The highest BCUT2D eigenvalue weighted by atomic mass is 32.1. The van der Waals surface area contributed by atoms with E-state index < -0.39 is 0 Å². The van der Waals surface area contributed by atoms with Crippen molar-refractivity contribution < 1.29 is 9.59 Å². The van der Waals surface area contributed by atoms with Crippen LogP contribution in [0.3, 0.4) is 0 Å². The van der Waals surface area contributed by atoms with Crippen LogP contribution in [-0.4, -0.2) is 17.6 Å². The van der Waals surface area contributed by atoms with Crippen molar-refractivity contribution in [1.82, 2.24) is 4.98 Å². The lowest BCUT2D eigenvalue weighted by molar-refractivity contribution is 0.111. The number of rotatable bonds is 2. The van der Waals surface area contributed by atoms with Gasteiger partial charge < -0.3 is 0 Å². The SMILES string of the molecule is O=Cc1ccc2sc(C=O)nc2c1. The summed E-state index contributed by atoms with van der Waals surface area (Å²) < 4.78 is 0.924. The molecule has 4 heteroatoms. The zero-order chi connectivity index (χ0) is 9.26. The fourth-order valence-electron chi connectivity index (χ4n) is 1.09.